The first-order valence-corrected chi connectivity index (χ1v) is 6.48. The van der Waals surface area contributed by atoms with Gasteiger partial charge in [0.25, 0.3) is 0 Å². The molecule has 0 amide bonds. The van der Waals surface area contributed by atoms with Crippen molar-refractivity contribution in [3.05, 3.63) is 18.3 Å². The summed E-state index contributed by atoms with van der Waals surface area (Å²) in [5.41, 5.74) is 6.54. The predicted molar refractivity (Wildman–Crippen MR) is 73.1 cm³/mol. The van der Waals surface area contributed by atoms with E-state index in [1.165, 1.54) is 6.33 Å². The van der Waals surface area contributed by atoms with Crippen molar-refractivity contribution in [1.29, 1.82) is 0 Å². The van der Waals surface area contributed by atoms with Crippen LogP contribution in [0.25, 0.3) is 11.5 Å². The second-order valence-electron chi connectivity index (χ2n) is 5.03. The highest BCUT2D eigenvalue weighted by Gasteiger charge is 2.26. The van der Waals surface area contributed by atoms with Gasteiger partial charge in [-0.15, -0.1) is 0 Å². The topological polar surface area (TPSA) is 100.0 Å². The molecule has 0 aromatic carbocycles. The molecule has 0 fully saturated rings. The van der Waals surface area contributed by atoms with Gasteiger partial charge in [-0.25, -0.2) is 9.97 Å². The molecule has 2 unspecified atom stereocenters. The molecule has 2 atom stereocenters. The van der Waals surface area contributed by atoms with Gasteiger partial charge in [-0.3, -0.25) is 0 Å². The average molecular weight is 277 g/mol. The third-order valence-corrected chi connectivity index (χ3v) is 3.09. The van der Waals surface area contributed by atoms with Gasteiger partial charge < -0.3 is 15.0 Å². The molecule has 108 valence electrons. The lowest BCUT2D eigenvalue weighted by molar-refractivity contribution is 0.300. The molecule has 0 bridgehead atoms. The summed E-state index contributed by atoms with van der Waals surface area (Å²) in [6, 6.07) is 1.59. The average Bonchev–Trinajstić information content (AvgIpc) is 2.87. The van der Waals surface area contributed by atoms with Gasteiger partial charge >= 0.3 is 0 Å². The molecule has 0 saturated heterocycles. The SMILES string of the molecule is COc1cc(-c2noc(C(C(C)C)C(C)N)n2)ncn1. The van der Waals surface area contributed by atoms with E-state index >= 15 is 0 Å². The minimum atomic E-state index is -0.0664. The third kappa shape index (κ3) is 2.93. The first-order chi connectivity index (χ1) is 9.52. The van der Waals surface area contributed by atoms with Gasteiger partial charge in [-0.2, -0.15) is 4.98 Å². The molecule has 7 heteroatoms. The van der Waals surface area contributed by atoms with Crippen molar-refractivity contribution in [2.75, 3.05) is 7.11 Å². The Labute approximate surface area is 117 Å². The summed E-state index contributed by atoms with van der Waals surface area (Å²) >= 11 is 0. The number of hydrogen-bond acceptors (Lipinski definition) is 7. The summed E-state index contributed by atoms with van der Waals surface area (Å²) in [4.78, 5) is 12.4. The van der Waals surface area contributed by atoms with E-state index in [1.807, 2.05) is 6.92 Å². The van der Waals surface area contributed by atoms with E-state index < -0.39 is 0 Å². The van der Waals surface area contributed by atoms with Gasteiger partial charge in [0.2, 0.25) is 17.6 Å². The Morgan fingerprint density at radius 3 is 2.60 bits per heavy atom. The third-order valence-electron chi connectivity index (χ3n) is 3.09. The maximum atomic E-state index is 5.99. The Kier molecular flexibility index (Phi) is 4.29. The largest absolute Gasteiger partial charge is 0.481 e. The summed E-state index contributed by atoms with van der Waals surface area (Å²) in [5, 5.41) is 3.96. The molecular formula is C13H19N5O2. The van der Waals surface area contributed by atoms with Gasteiger partial charge in [-0.1, -0.05) is 19.0 Å². The highest BCUT2D eigenvalue weighted by Crippen LogP contribution is 2.27. The summed E-state index contributed by atoms with van der Waals surface area (Å²) in [6.45, 7) is 6.08. The molecule has 2 heterocycles. The fourth-order valence-electron chi connectivity index (χ4n) is 2.17. The van der Waals surface area contributed by atoms with E-state index in [0.29, 0.717) is 29.2 Å². The van der Waals surface area contributed by atoms with Gasteiger partial charge in [0.05, 0.1) is 13.0 Å². The lowest BCUT2D eigenvalue weighted by atomic mass is 9.90. The van der Waals surface area contributed by atoms with Crippen molar-refractivity contribution >= 4 is 0 Å². The number of ether oxygens (including phenoxy) is 1. The Balaban J connectivity index is 2.32. The fraction of sp³-hybridized carbons (Fsp3) is 0.538. The standard InChI is InChI=1S/C13H19N5O2/c1-7(2)11(8(3)14)13-17-12(18-20-13)9-5-10(19-4)16-6-15-9/h5-8,11H,14H2,1-4H3. The Morgan fingerprint density at radius 2 is 2.00 bits per heavy atom. The molecule has 2 rings (SSSR count). The van der Waals surface area contributed by atoms with Crippen LogP contribution in [0.3, 0.4) is 0 Å². The van der Waals surface area contributed by atoms with Crippen molar-refractivity contribution in [2.24, 2.45) is 11.7 Å². The number of nitrogens with two attached hydrogens (primary N) is 1. The first-order valence-electron chi connectivity index (χ1n) is 6.48. The fourth-order valence-corrected chi connectivity index (χ4v) is 2.17. The lowest BCUT2D eigenvalue weighted by Gasteiger charge is -2.20. The maximum absolute atomic E-state index is 5.99. The molecule has 0 spiro atoms. The van der Waals surface area contributed by atoms with Crippen LogP contribution in [0.15, 0.2) is 16.9 Å². The molecule has 0 aliphatic heterocycles. The number of nitrogens with zero attached hydrogens (tertiary/aromatic N) is 4. The van der Waals surface area contributed by atoms with Gasteiger partial charge in [0.1, 0.15) is 12.0 Å². The molecule has 7 nitrogen and oxygen atoms in total. The number of aromatic nitrogens is 4. The maximum Gasteiger partial charge on any atom is 0.231 e. The van der Waals surface area contributed by atoms with Crippen LogP contribution in [-0.2, 0) is 0 Å². The quantitative estimate of drug-likeness (QED) is 0.886. The van der Waals surface area contributed by atoms with E-state index in [2.05, 4.69) is 34.0 Å². The summed E-state index contributed by atoms with van der Waals surface area (Å²) in [5.74, 6) is 1.71. The highest BCUT2D eigenvalue weighted by molar-refractivity contribution is 5.49. The first kappa shape index (κ1) is 14.4. The van der Waals surface area contributed by atoms with Crippen LogP contribution in [0.1, 0.15) is 32.6 Å². The van der Waals surface area contributed by atoms with Gasteiger partial charge in [0, 0.05) is 12.1 Å². The van der Waals surface area contributed by atoms with E-state index in [0.717, 1.165) is 0 Å². The van der Waals surface area contributed by atoms with Crippen LogP contribution in [0, 0.1) is 5.92 Å². The summed E-state index contributed by atoms with van der Waals surface area (Å²) < 4.78 is 10.4. The van der Waals surface area contributed by atoms with Crippen LogP contribution < -0.4 is 10.5 Å². The molecule has 20 heavy (non-hydrogen) atoms. The van der Waals surface area contributed by atoms with Crippen LogP contribution in [0.2, 0.25) is 0 Å². The molecule has 0 aliphatic carbocycles. The van der Waals surface area contributed by atoms with E-state index in [9.17, 15) is 0 Å². The van der Waals surface area contributed by atoms with Crippen molar-refractivity contribution < 1.29 is 9.26 Å². The van der Waals surface area contributed by atoms with Crippen molar-refractivity contribution in [1.82, 2.24) is 20.1 Å². The minimum absolute atomic E-state index is 0.0139. The van der Waals surface area contributed by atoms with E-state index in [-0.39, 0.29) is 12.0 Å². The molecule has 2 aromatic rings. The smallest absolute Gasteiger partial charge is 0.231 e. The summed E-state index contributed by atoms with van der Waals surface area (Å²) in [6.07, 6.45) is 1.40. The summed E-state index contributed by atoms with van der Waals surface area (Å²) in [7, 11) is 1.54. The Morgan fingerprint density at radius 1 is 1.25 bits per heavy atom. The second-order valence-corrected chi connectivity index (χ2v) is 5.03. The van der Waals surface area contributed by atoms with Crippen LogP contribution >= 0.6 is 0 Å². The lowest BCUT2D eigenvalue weighted by Crippen LogP contribution is -2.28. The predicted octanol–water partition coefficient (Wildman–Crippen LogP) is 1.62. The zero-order valence-corrected chi connectivity index (χ0v) is 12.1. The monoisotopic (exact) mass is 277 g/mol. The number of rotatable bonds is 5. The molecular weight excluding hydrogens is 258 g/mol. The molecule has 0 saturated carbocycles. The van der Waals surface area contributed by atoms with Crippen LogP contribution in [0.4, 0.5) is 0 Å². The zero-order valence-electron chi connectivity index (χ0n) is 12.1. The minimum Gasteiger partial charge on any atom is -0.481 e. The zero-order chi connectivity index (χ0) is 14.7. The van der Waals surface area contributed by atoms with Gasteiger partial charge in [-0.05, 0) is 12.8 Å². The van der Waals surface area contributed by atoms with Gasteiger partial charge in [0.15, 0.2) is 0 Å². The Bertz CT molecular complexity index is 559. The number of methoxy groups -OCH3 is 1. The van der Waals surface area contributed by atoms with E-state index in [1.54, 1.807) is 13.2 Å². The molecule has 2 N–H and O–H groups in total. The second kappa shape index (κ2) is 5.96. The van der Waals surface area contributed by atoms with Crippen molar-refractivity contribution in [3.63, 3.8) is 0 Å². The number of hydrogen-bond donors (Lipinski definition) is 1. The normalized spacial score (nSPS) is 14.3. The van der Waals surface area contributed by atoms with Crippen molar-refractivity contribution in [3.8, 4) is 17.4 Å². The van der Waals surface area contributed by atoms with Crippen LogP contribution in [0.5, 0.6) is 5.88 Å². The molecule has 2 aromatic heterocycles. The highest BCUT2D eigenvalue weighted by atomic mass is 16.5. The van der Waals surface area contributed by atoms with Crippen LogP contribution in [-0.4, -0.2) is 33.3 Å². The van der Waals surface area contributed by atoms with E-state index in [4.69, 9.17) is 15.0 Å². The molecule has 0 aliphatic rings. The molecule has 0 radical (unpaired) electrons. The Hall–Kier alpha value is -2.02. The van der Waals surface area contributed by atoms with Crippen molar-refractivity contribution in [2.45, 2.75) is 32.7 Å².